The van der Waals surface area contributed by atoms with Crippen molar-refractivity contribution >= 4 is 28.9 Å². The van der Waals surface area contributed by atoms with E-state index in [0.717, 1.165) is 23.2 Å². The number of rotatable bonds is 7. The number of halogens is 1. The number of carbonyl (C=O) groups is 2. The molecule has 3 aromatic rings. The molecule has 0 saturated carbocycles. The molecule has 1 atom stereocenters. The highest BCUT2D eigenvalue weighted by Gasteiger charge is 2.34. The molecule has 0 saturated heterocycles. The molecule has 0 spiro atoms. The smallest absolute Gasteiger partial charge is 0.337 e. The van der Waals surface area contributed by atoms with E-state index in [0.29, 0.717) is 52.9 Å². The number of allylic oxidation sites excluding steroid dienone is 1. The second kappa shape index (κ2) is 10.3. The van der Waals surface area contributed by atoms with Crippen LogP contribution in [0.15, 0.2) is 18.2 Å². The van der Waals surface area contributed by atoms with Gasteiger partial charge in [-0.3, -0.25) is 4.79 Å². The molecule has 1 aromatic carbocycles. The Morgan fingerprint density at radius 3 is 2.63 bits per heavy atom. The van der Waals surface area contributed by atoms with E-state index in [-0.39, 0.29) is 11.5 Å². The lowest BCUT2D eigenvalue weighted by molar-refractivity contribution is -0.160. The van der Waals surface area contributed by atoms with Gasteiger partial charge in [-0.25, -0.2) is 14.2 Å². The van der Waals surface area contributed by atoms with Gasteiger partial charge in [0.2, 0.25) is 0 Å². The van der Waals surface area contributed by atoms with Crippen molar-refractivity contribution in [2.45, 2.75) is 72.5 Å². The summed E-state index contributed by atoms with van der Waals surface area (Å²) in [6, 6.07) is 3.29. The molecule has 0 bridgehead atoms. The van der Waals surface area contributed by atoms with E-state index < -0.39 is 23.5 Å². The molecule has 1 N–H and O–H groups in total. The van der Waals surface area contributed by atoms with E-state index >= 15 is 4.39 Å². The van der Waals surface area contributed by atoms with Gasteiger partial charge in [-0.1, -0.05) is 6.92 Å². The van der Waals surface area contributed by atoms with Crippen molar-refractivity contribution in [2.24, 2.45) is 7.05 Å². The Labute approximate surface area is 222 Å². The van der Waals surface area contributed by atoms with Gasteiger partial charge in [-0.2, -0.15) is 0 Å². The van der Waals surface area contributed by atoms with Gasteiger partial charge in [-0.05, 0) is 82.9 Å². The van der Waals surface area contributed by atoms with Crippen LogP contribution in [0.5, 0.6) is 5.75 Å². The SMILES string of the molecule is CCC(=O)/C=C/c1cc2c(-c3cc(F)c4c(c3C)CCCO4)c([C@H](OC(C)(C)C)C(=O)O)c(C)nc2n1C. The van der Waals surface area contributed by atoms with E-state index in [2.05, 4.69) is 0 Å². The van der Waals surface area contributed by atoms with Crippen LogP contribution in [-0.2, 0) is 27.8 Å². The molecule has 0 fully saturated rings. The molecule has 0 amide bonds. The van der Waals surface area contributed by atoms with Crippen molar-refractivity contribution in [3.05, 3.63) is 52.1 Å². The van der Waals surface area contributed by atoms with Crippen LogP contribution in [0.2, 0.25) is 0 Å². The Balaban J connectivity index is 2.12. The number of carboxylic acids is 1. The lowest BCUT2D eigenvalue weighted by atomic mass is 9.86. The summed E-state index contributed by atoms with van der Waals surface area (Å²) in [5, 5.41) is 11.0. The van der Waals surface area contributed by atoms with Crippen LogP contribution in [0, 0.1) is 19.7 Å². The summed E-state index contributed by atoms with van der Waals surface area (Å²) in [6.07, 6.45) is 3.72. The Bertz CT molecular complexity index is 1460. The monoisotopic (exact) mass is 522 g/mol. The minimum absolute atomic E-state index is 0.0163. The number of benzene rings is 1. The summed E-state index contributed by atoms with van der Waals surface area (Å²) in [4.78, 5) is 29.4. The normalized spacial score (nSPS) is 14.5. The van der Waals surface area contributed by atoms with Gasteiger partial charge >= 0.3 is 5.97 Å². The number of nitrogens with zero attached hydrogens (tertiary/aromatic N) is 2. The molecule has 2 aromatic heterocycles. The van der Waals surface area contributed by atoms with E-state index in [1.165, 1.54) is 12.1 Å². The van der Waals surface area contributed by atoms with Crippen molar-refractivity contribution in [3.63, 3.8) is 0 Å². The van der Waals surface area contributed by atoms with Gasteiger partial charge in [0.05, 0.1) is 12.2 Å². The third kappa shape index (κ3) is 5.10. The number of carboxylic acid groups (broad SMARTS) is 1. The minimum atomic E-state index is -1.34. The van der Waals surface area contributed by atoms with Gasteiger partial charge in [0, 0.05) is 46.9 Å². The standard InChI is InChI=1S/C30H35FN2O5/c1-8-19(34)12-11-18-14-22-25(21-15-23(31)26-20(16(21)2)10-9-13-37-26)24(17(3)32-28(22)33(18)7)27(29(35)36)38-30(4,5)6/h11-12,14-15,27H,8-10,13H2,1-7H3,(H,35,36)/b12-11+/t27-/m0/s1. The third-order valence-corrected chi connectivity index (χ3v) is 6.89. The molecule has 0 radical (unpaired) electrons. The predicted molar refractivity (Wildman–Crippen MR) is 145 cm³/mol. The summed E-state index contributed by atoms with van der Waals surface area (Å²) in [6.45, 7) is 11.3. The van der Waals surface area contributed by atoms with Crippen LogP contribution in [0.25, 0.3) is 28.2 Å². The number of carbonyl (C=O) groups excluding carboxylic acids is 1. The number of aromatic nitrogens is 2. The van der Waals surface area contributed by atoms with Crippen LogP contribution in [0.4, 0.5) is 4.39 Å². The molecule has 0 aliphatic carbocycles. The second-order valence-electron chi connectivity index (χ2n) is 10.7. The van der Waals surface area contributed by atoms with E-state index in [9.17, 15) is 14.7 Å². The second-order valence-corrected chi connectivity index (χ2v) is 10.7. The summed E-state index contributed by atoms with van der Waals surface area (Å²) < 4.78 is 29.0. The number of aryl methyl sites for hydroxylation is 2. The van der Waals surface area contributed by atoms with Gasteiger partial charge in [0.15, 0.2) is 23.5 Å². The molecule has 0 unspecified atom stereocenters. The van der Waals surface area contributed by atoms with Crippen LogP contribution in [0.1, 0.15) is 74.7 Å². The molecule has 7 nitrogen and oxygen atoms in total. The Kier molecular flexibility index (Phi) is 7.48. The Hall–Kier alpha value is -3.52. The number of ether oxygens (including phenoxy) is 2. The topological polar surface area (TPSA) is 90.7 Å². The first-order valence-electron chi connectivity index (χ1n) is 12.9. The molecular weight excluding hydrogens is 487 g/mol. The van der Waals surface area contributed by atoms with Gasteiger partial charge in [-0.15, -0.1) is 0 Å². The average Bonchev–Trinajstić information content (AvgIpc) is 3.17. The van der Waals surface area contributed by atoms with Gasteiger partial charge < -0.3 is 19.1 Å². The van der Waals surface area contributed by atoms with E-state index in [4.69, 9.17) is 14.5 Å². The molecule has 1 aliphatic rings. The molecule has 8 heteroatoms. The van der Waals surface area contributed by atoms with Gasteiger partial charge in [0.1, 0.15) is 5.65 Å². The zero-order chi connectivity index (χ0) is 27.9. The lowest BCUT2D eigenvalue weighted by Gasteiger charge is -2.29. The molecule has 1 aliphatic heterocycles. The van der Waals surface area contributed by atoms with Crippen LogP contribution < -0.4 is 4.74 Å². The van der Waals surface area contributed by atoms with Gasteiger partial charge in [0.25, 0.3) is 0 Å². The maximum atomic E-state index is 15.5. The zero-order valence-electron chi connectivity index (χ0n) is 23.1. The highest BCUT2D eigenvalue weighted by Crippen LogP contribution is 2.44. The van der Waals surface area contributed by atoms with Crippen molar-refractivity contribution in [2.75, 3.05) is 6.61 Å². The number of hydrogen-bond donors (Lipinski definition) is 1. The van der Waals surface area contributed by atoms with E-state index in [1.54, 1.807) is 40.7 Å². The van der Waals surface area contributed by atoms with Crippen LogP contribution >= 0.6 is 0 Å². The largest absolute Gasteiger partial charge is 0.490 e. The fourth-order valence-electron chi connectivity index (χ4n) is 5.05. The lowest BCUT2D eigenvalue weighted by Crippen LogP contribution is -2.28. The number of aliphatic carboxylic acids is 1. The Morgan fingerprint density at radius 1 is 1.29 bits per heavy atom. The maximum Gasteiger partial charge on any atom is 0.337 e. The first-order chi connectivity index (χ1) is 17.8. The van der Waals surface area contributed by atoms with Crippen LogP contribution in [0.3, 0.4) is 0 Å². The summed E-state index contributed by atoms with van der Waals surface area (Å²) in [7, 11) is 1.84. The molecule has 202 valence electrons. The first kappa shape index (κ1) is 27.5. The fourth-order valence-corrected chi connectivity index (χ4v) is 5.05. The number of ketones is 1. The fraction of sp³-hybridized carbons (Fsp3) is 0.433. The molecule has 4 rings (SSSR count). The minimum Gasteiger partial charge on any atom is -0.490 e. The first-order valence-corrected chi connectivity index (χ1v) is 12.9. The van der Waals surface area contributed by atoms with Crippen molar-refractivity contribution in [1.29, 1.82) is 0 Å². The highest BCUT2D eigenvalue weighted by atomic mass is 19.1. The summed E-state index contributed by atoms with van der Waals surface area (Å²) in [5.74, 6) is -1.40. The Morgan fingerprint density at radius 2 is 2.00 bits per heavy atom. The summed E-state index contributed by atoms with van der Waals surface area (Å²) in [5.41, 5.74) is 4.15. The average molecular weight is 523 g/mol. The number of pyridine rings is 1. The summed E-state index contributed by atoms with van der Waals surface area (Å²) >= 11 is 0. The molecule has 38 heavy (non-hydrogen) atoms. The molecular formula is C30H35FN2O5. The van der Waals surface area contributed by atoms with E-state index in [1.807, 2.05) is 24.6 Å². The third-order valence-electron chi connectivity index (χ3n) is 6.89. The van der Waals surface area contributed by atoms with Crippen molar-refractivity contribution in [1.82, 2.24) is 9.55 Å². The number of hydrogen-bond acceptors (Lipinski definition) is 5. The molecule has 3 heterocycles. The van der Waals surface area contributed by atoms with Crippen LogP contribution in [-0.4, -0.2) is 38.6 Å². The van der Waals surface area contributed by atoms with Crippen molar-refractivity contribution in [3.8, 4) is 16.9 Å². The predicted octanol–water partition coefficient (Wildman–Crippen LogP) is 6.25. The maximum absolute atomic E-state index is 15.5. The number of fused-ring (bicyclic) bond motifs is 2. The highest BCUT2D eigenvalue weighted by molar-refractivity contribution is 6.01. The van der Waals surface area contributed by atoms with Crippen molar-refractivity contribution < 1.29 is 28.6 Å². The quantitative estimate of drug-likeness (QED) is 0.369. The zero-order valence-corrected chi connectivity index (χ0v) is 23.1.